The van der Waals surface area contributed by atoms with Crippen LogP contribution in [0.1, 0.15) is 32.8 Å². The number of nitriles is 1. The van der Waals surface area contributed by atoms with Crippen molar-refractivity contribution in [2.45, 2.75) is 27.2 Å². The molecule has 0 amide bonds. The lowest BCUT2D eigenvalue weighted by Crippen LogP contribution is -2.11. The Morgan fingerprint density at radius 3 is 2.59 bits per heavy atom. The van der Waals surface area contributed by atoms with Crippen LogP contribution in [-0.2, 0) is 0 Å². The van der Waals surface area contributed by atoms with Crippen molar-refractivity contribution in [1.82, 2.24) is 0 Å². The van der Waals surface area contributed by atoms with Gasteiger partial charge in [-0.15, -0.1) is 0 Å². The minimum Gasteiger partial charge on any atom is -0.491 e. The second kappa shape index (κ2) is 6.15. The maximum absolute atomic E-state index is 8.72. The highest BCUT2D eigenvalue weighted by Crippen LogP contribution is 2.23. The van der Waals surface area contributed by atoms with Gasteiger partial charge < -0.3 is 10.5 Å². The van der Waals surface area contributed by atoms with Crippen LogP contribution in [0.15, 0.2) is 18.2 Å². The molecule has 1 aromatic rings. The van der Waals surface area contributed by atoms with E-state index in [9.17, 15) is 0 Å². The van der Waals surface area contributed by atoms with E-state index < -0.39 is 0 Å². The van der Waals surface area contributed by atoms with Gasteiger partial charge in [0, 0.05) is 0 Å². The average molecular weight is 232 g/mol. The number of ether oxygens (including phenoxy) is 1. The largest absolute Gasteiger partial charge is 0.491 e. The van der Waals surface area contributed by atoms with E-state index in [4.69, 9.17) is 15.7 Å². The molecule has 17 heavy (non-hydrogen) atoms. The predicted molar refractivity (Wildman–Crippen MR) is 69.7 cm³/mol. The third kappa shape index (κ3) is 4.36. The zero-order chi connectivity index (χ0) is 12.8. The molecule has 0 saturated heterocycles. The Labute approximate surface area is 103 Å². The molecule has 0 heterocycles. The van der Waals surface area contributed by atoms with Crippen molar-refractivity contribution >= 4 is 5.69 Å². The maximum Gasteiger partial charge on any atom is 0.142 e. The number of hydrogen-bond donors (Lipinski definition) is 1. The molecule has 3 heteroatoms. The third-order valence-electron chi connectivity index (χ3n) is 2.54. The van der Waals surface area contributed by atoms with Gasteiger partial charge in [-0.2, -0.15) is 5.26 Å². The summed E-state index contributed by atoms with van der Waals surface area (Å²) in [5.41, 5.74) is 6.90. The van der Waals surface area contributed by atoms with E-state index in [0.717, 1.165) is 6.42 Å². The van der Waals surface area contributed by atoms with E-state index >= 15 is 0 Å². The van der Waals surface area contributed by atoms with Crippen molar-refractivity contribution in [2.24, 2.45) is 11.8 Å². The van der Waals surface area contributed by atoms with Crippen molar-refractivity contribution in [3.63, 3.8) is 0 Å². The molecule has 1 unspecified atom stereocenters. The highest BCUT2D eigenvalue weighted by Gasteiger charge is 2.08. The number of nitrogens with zero attached hydrogens (tertiary/aromatic N) is 1. The van der Waals surface area contributed by atoms with Gasteiger partial charge >= 0.3 is 0 Å². The van der Waals surface area contributed by atoms with Crippen molar-refractivity contribution in [3.05, 3.63) is 23.8 Å². The van der Waals surface area contributed by atoms with Crippen molar-refractivity contribution in [2.75, 3.05) is 12.3 Å². The molecule has 0 aliphatic carbocycles. The van der Waals surface area contributed by atoms with Crippen molar-refractivity contribution in [1.29, 1.82) is 5.26 Å². The van der Waals surface area contributed by atoms with E-state index in [-0.39, 0.29) is 0 Å². The standard InChI is InChI=1S/C14H20N2O/c1-10(2)6-11(3)9-17-14-5-4-12(8-15)7-13(14)16/h4-5,7,10-11H,6,9,16H2,1-3H3. The van der Waals surface area contributed by atoms with Crippen LogP contribution < -0.4 is 10.5 Å². The maximum atomic E-state index is 8.72. The molecule has 0 fully saturated rings. The Kier molecular flexibility index (Phi) is 4.84. The molecule has 1 atom stereocenters. The molecule has 0 spiro atoms. The summed E-state index contributed by atoms with van der Waals surface area (Å²) in [5, 5.41) is 8.72. The van der Waals surface area contributed by atoms with Gasteiger partial charge in [0.25, 0.3) is 0 Å². The van der Waals surface area contributed by atoms with Crippen LogP contribution in [0.2, 0.25) is 0 Å². The van der Waals surface area contributed by atoms with Gasteiger partial charge in [-0.05, 0) is 36.5 Å². The fourth-order valence-corrected chi connectivity index (χ4v) is 1.85. The molecule has 0 aliphatic rings. The summed E-state index contributed by atoms with van der Waals surface area (Å²) < 4.78 is 5.66. The molecule has 3 nitrogen and oxygen atoms in total. The number of nitrogen functional groups attached to an aromatic ring is 1. The van der Waals surface area contributed by atoms with Gasteiger partial charge in [0.1, 0.15) is 5.75 Å². The van der Waals surface area contributed by atoms with Crippen molar-refractivity contribution < 1.29 is 4.74 Å². The number of anilines is 1. The van der Waals surface area contributed by atoms with Crippen LogP contribution >= 0.6 is 0 Å². The van der Waals surface area contributed by atoms with Crippen LogP contribution in [0.25, 0.3) is 0 Å². The number of rotatable bonds is 5. The molecule has 2 N–H and O–H groups in total. The summed E-state index contributed by atoms with van der Waals surface area (Å²) in [6.07, 6.45) is 1.14. The Morgan fingerprint density at radius 1 is 1.35 bits per heavy atom. The summed E-state index contributed by atoms with van der Waals surface area (Å²) in [6.45, 7) is 7.23. The van der Waals surface area contributed by atoms with Gasteiger partial charge in [-0.3, -0.25) is 0 Å². The van der Waals surface area contributed by atoms with E-state index in [0.29, 0.717) is 35.4 Å². The van der Waals surface area contributed by atoms with Crippen LogP contribution in [0.5, 0.6) is 5.75 Å². The Hall–Kier alpha value is -1.69. The molecule has 0 aromatic heterocycles. The van der Waals surface area contributed by atoms with E-state index in [1.54, 1.807) is 18.2 Å². The average Bonchev–Trinajstić information content (AvgIpc) is 2.26. The molecule has 0 radical (unpaired) electrons. The SMILES string of the molecule is CC(C)CC(C)COc1ccc(C#N)cc1N. The summed E-state index contributed by atoms with van der Waals surface area (Å²) in [4.78, 5) is 0. The Morgan fingerprint density at radius 2 is 2.06 bits per heavy atom. The summed E-state index contributed by atoms with van der Waals surface area (Å²) in [7, 11) is 0. The van der Waals surface area contributed by atoms with Gasteiger partial charge in [-0.25, -0.2) is 0 Å². The van der Waals surface area contributed by atoms with Crippen molar-refractivity contribution in [3.8, 4) is 11.8 Å². The molecule has 1 aromatic carbocycles. The lowest BCUT2D eigenvalue weighted by Gasteiger charge is -2.16. The fourth-order valence-electron chi connectivity index (χ4n) is 1.85. The second-order valence-corrected chi connectivity index (χ2v) is 4.91. The van der Waals surface area contributed by atoms with E-state index in [2.05, 4.69) is 26.8 Å². The van der Waals surface area contributed by atoms with E-state index in [1.165, 1.54) is 0 Å². The summed E-state index contributed by atoms with van der Waals surface area (Å²) in [5.74, 6) is 1.84. The lowest BCUT2D eigenvalue weighted by molar-refractivity contribution is 0.240. The zero-order valence-corrected chi connectivity index (χ0v) is 10.7. The van der Waals surface area contributed by atoms with Gasteiger partial charge in [0.15, 0.2) is 0 Å². The van der Waals surface area contributed by atoms with Gasteiger partial charge in [0.2, 0.25) is 0 Å². The molecular formula is C14H20N2O. The predicted octanol–water partition coefficient (Wildman–Crippen LogP) is 3.20. The fraction of sp³-hybridized carbons (Fsp3) is 0.500. The number of hydrogen-bond acceptors (Lipinski definition) is 3. The first-order chi connectivity index (χ1) is 8.02. The lowest BCUT2D eigenvalue weighted by atomic mass is 10.00. The zero-order valence-electron chi connectivity index (χ0n) is 10.7. The third-order valence-corrected chi connectivity index (χ3v) is 2.54. The monoisotopic (exact) mass is 232 g/mol. The molecule has 0 aliphatic heterocycles. The van der Waals surface area contributed by atoms with Crippen LogP contribution in [-0.4, -0.2) is 6.61 Å². The van der Waals surface area contributed by atoms with Gasteiger partial charge in [0.05, 0.1) is 23.9 Å². The second-order valence-electron chi connectivity index (χ2n) is 4.91. The Bertz CT molecular complexity index is 407. The molecule has 1 rings (SSSR count). The van der Waals surface area contributed by atoms with Crippen LogP contribution in [0.3, 0.4) is 0 Å². The summed E-state index contributed by atoms with van der Waals surface area (Å²) in [6, 6.07) is 7.17. The minimum absolute atomic E-state index is 0.505. The van der Waals surface area contributed by atoms with Crippen LogP contribution in [0, 0.1) is 23.2 Å². The topological polar surface area (TPSA) is 59.0 Å². The smallest absolute Gasteiger partial charge is 0.142 e. The first-order valence-electron chi connectivity index (χ1n) is 5.95. The van der Waals surface area contributed by atoms with E-state index in [1.807, 2.05) is 0 Å². The first-order valence-corrected chi connectivity index (χ1v) is 5.95. The summed E-state index contributed by atoms with van der Waals surface area (Å²) >= 11 is 0. The highest BCUT2D eigenvalue weighted by atomic mass is 16.5. The highest BCUT2D eigenvalue weighted by molar-refractivity contribution is 5.56. The number of nitrogens with two attached hydrogens (primary N) is 1. The molecular weight excluding hydrogens is 212 g/mol. The normalized spacial score (nSPS) is 12.2. The quantitative estimate of drug-likeness (QED) is 0.793. The Balaban J connectivity index is 2.55. The minimum atomic E-state index is 0.505. The number of benzene rings is 1. The van der Waals surface area contributed by atoms with Crippen LogP contribution in [0.4, 0.5) is 5.69 Å². The molecule has 0 bridgehead atoms. The van der Waals surface area contributed by atoms with Gasteiger partial charge in [-0.1, -0.05) is 20.8 Å². The first kappa shape index (κ1) is 13.4. The molecule has 0 saturated carbocycles. The molecule has 92 valence electrons.